The van der Waals surface area contributed by atoms with Crippen LogP contribution in [-0.2, 0) is 51.1 Å². The molecule has 292 valence electrons. The third-order valence-corrected chi connectivity index (χ3v) is 7.53. The number of nitrogens with one attached hydrogen (secondary N) is 6. The van der Waals surface area contributed by atoms with Crippen LogP contribution in [0.25, 0.3) is 0 Å². The number of aliphatic carboxylic acids is 1. The Morgan fingerprint density at radius 1 is 0.830 bits per heavy atom. The third-order valence-electron chi connectivity index (χ3n) is 7.53. The molecule has 0 aliphatic heterocycles. The monoisotopic (exact) mass is 745 g/mol. The van der Waals surface area contributed by atoms with Crippen LogP contribution in [0.15, 0.2) is 47.8 Å². The van der Waals surface area contributed by atoms with Gasteiger partial charge in [-0.15, -0.1) is 0 Å². The molecule has 4 atom stereocenters. The normalized spacial score (nSPS) is 13.1. The van der Waals surface area contributed by atoms with Gasteiger partial charge in [-0.25, -0.2) is 4.98 Å². The Hall–Kier alpha value is -5.60. The number of rotatable bonds is 27. The number of aromatic amines is 1. The first kappa shape index (κ1) is 43.6. The molecular formula is C33H51N11O9. The molecule has 1 aromatic heterocycles. The molecule has 0 saturated heterocycles. The quantitative estimate of drug-likeness (QED) is 0.0245. The van der Waals surface area contributed by atoms with Crippen molar-refractivity contribution in [3.63, 3.8) is 0 Å². The lowest BCUT2D eigenvalue weighted by molar-refractivity contribution is -0.138. The summed E-state index contributed by atoms with van der Waals surface area (Å²) < 4.78 is 10.6. The van der Waals surface area contributed by atoms with E-state index < -0.39 is 72.7 Å². The molecule has 0 radical (unpaired) electrons. The van der Waals surface area contributed by atoms with E-state index in [4.69, 9.17) is 26.7 Å². The fraction of sp³-hybridized carbons (Fsp3) is 0.515. The van der Waals surface area contributed by atoms with Gasteiger partial charge in [-0.05, 0) is 31.9 Å². The van der Waals surface area contributed by atoms with Crippen molar-refractivity contribution in [1.29, 1.82) is 0 Å². The minimum Gasteiger partial charge on any atom is -0.481 e. The summed E-state index contributed by atoms with van der Waals surface area (Å²) in [7, 11) is 1.78. The van der Waals surface area contributed by atoms with E-state index in [2.05, 4.69) is 41.5 Å². The van der Waals surface area contributed by atoms with Crippen molar-refractivity contribution in [1.82, 2.24) is 36.6 Å². The molecule has 20 nitrogen and oxygen atoms in total. The van der Waals surface area contributed by atoms with Gasteiger partial charge in [-0.3, -0.25) is 33.8 Å². The number of carbonyl (C=O) groups is 6. The molecule has 0 spiro atoms. The van der Waals surface area contributed by atoms with Gasteiger partial charge in [0.2, 0.25) is 29.5 Å². The molecule has 13 N–H and O–H groups in total. The number of imidazole rings is 1. The number of carboxylic acids is 1. The van der Waals surface area contributed by atoms with E-state index in [1.807, 2.05) is 0 Å². The standard InChI is InChI=1S/C33H51N11O9/c1-37-12-13-52-14-15-53-19-27(45)41-24(9-10-28(46)47)31(50)44-26(16-21-6-3-2-4-7-21)32(51)42-23(8-5-11-39-33(35)36)30(49)43-25(29(34)48)17-22-18-38-20-40-22/h2-4,6-7,18,20,23-26,37H,5,8-17,19H2,1H3,(H2,34,48)(H,38,40)(H,41,45)(H,42,51)(H,43,49)(H,44,50)(H,46,47)(H4,35,36,39)/t23-,24-,25-,26-/m0/s1. The summed E-state index contributed by atoms with van der Waals surface area (Å²) in [6, 6.07) is 3.63. The van der Waals surface area contributed by atoms with Gasteiger partial charge in [0.15, 0.2) is 5.96 Å². The van der Waals surface area contributed by atoms with Crippen molar-refractivity contribution in [3.05, 3.63) is 54.1 Å². The number of H-pyrrole nitrogens is 1. The van der Waals surface area contributed by atoms with E-state index in [0.29, 0.717) is 24.4 Å². The smallest absolute Gasteiger partial charge is 0.303 e. The number of aromatic nitrogens is 2. The first-order chi connectivity index (χ1) is 25.4. The number of aliphatic imine (C=N–C) groups is 1. The number of likely N-dealkylation sites (N-methyl/N-ethyl adjacent to an activating group) is 1. The van der Waals surface area contributed by atoms with E-state index >= 15 is 0 Å². The fourth-order valence-electron chi connectivity index (χ4n) is 4.82. The SMILES string of the molecule is CNCCOCCOCC(=O)N[C@@H](CCC(=O)O)C(=O)N[C@@H](Cc1ccccc1)C(=O)N[C@@H](CCCN=C(N)N)C(=O)N[C@@H](Cc1cnc[nH]1)C(N)=O. The minimum absolute atomic E-state index is 0.00136. The van der Waals surface area contributed by atoms with Gasteiger partial charge in [0, 0.05) is 44.2 Å². The van der Waals surface area contributed by atoms with Gasteiger partial charge in [0.05, 0.1) is 26.1 Å². The first-order valence-electron chi connectivity index (χ1n) is 17.0. The highest BCUT2D eigenvalue weighted by molar-refractivity contribution is 5.95. The summed E-state index contributed by atoms with van der Waals surface area (Å²) in [5, 5.41) is 22.5. The van der Waals surface area contributed by atoms with Crippen molar-refractivity contribution in [2.75, 3.05) is 46.6 Å². The highest BCUT2D eigenvalue weighted by Crippen LogP contribution is 2.09. The second-order valence-electron chi connectivity index (χ2n) is 11.8. The van der Waals surface area contributed by atoms with Crippen molar-refractivity contribution in [2.24, 2.45) is 22.2 Å². The number of guanidine groups is 1. The van der Waals surface area contributed by atoms with E-state index in [1.165, 1.54) is 12.5 Å². The van der Waals surface area contributed by atoms with Crippen LogP contribution in [0.4, 0.5) is 0 Å². The number of primary amides is 1. The minimum atomic E-state index is -1.35. The Balaban J connectivity index is 2.25. The van der Waals surface area contributed by atoms with Crippen LogP contribution in [0.3, 0.4) is 0 Å². The van der Waals surface area contributed by atoms with Gasteiger partial charge in [0.25, 0.3) is 0 Å². The van der Waals surface area contributed by atoms with E-state index in [1.54, 1.807) is 37.4 Å². The molecule has 0 aliphatic rings. The lowest BCUT2D eigenvalue weighted by Crippen LogP contribution is -2.59. The molecule has 1 heterocycles. The molecule has 0 fully saturated rings. The molecule has 1 aromatic carbocycles. The summed E-state index contributed by atoms with van der Waals surface area (Å²) in [5.74, 6) is -5.25. The van der Waals surface area contributed by atoms with Crippen molar-refractivity contribution in [2.45, 2.75) is 62.7 Å². The van der Waals surface area contributed by atoms with Gasteiger partial charge in [-0.2, -0.15) is 0 Å². The number of carboxylic acid groups (broad SMARTS) is 1. The molecule has 0 aliphatic carbocycles. The van der Waals surface area contributed by atoms with E-state index in [0.717, 1.165) is 0 Å². The Labute approximate surface area is 306 Å². The lowest BCUT2D eigenvalue weighted by atomic mass is 10.0. The Kier molecular flexibility index (Phi) is 20.2. The van der Waals surface area contributed by atoms with E-state index in [9.17, 15) is 33.9 Å². The van der Waals surface area contributed by atoms with Crippen LogP contribution in [0.5, 0.6) is 0 Å². The fourth-order valence-corrected chi connectivity index (χ4v) is 4.82. The third kappa shape index (κ3) is 18.5. The zero-order valence-corrected chi connectivity index (χ0v) is 29.7. The molecule has 5 amide bonds. The zero-order chi connectivity index (χ0) is 39.0. The zero-order valence-electron chi connectivity index (χ0n) is 29.7. The summed E-state index contributed by atoms with van der Waals surface area (Å²) in [6.07, 6.45) is 2.33. The molecule has 20 heteroatoms. The summed E-state index contributed by atoms with van der Waals surface area (Å²) in [4.78, 5) is 88.0. The summed E-state index contributed by atoms with van der Waals surface area (Å²) >= 11 is 0. The first-order valence-corrected chi connectivity index (χ1v) is 17.0. The Bertz CT molecular complexity index is 1470. The average Bonchev–Trinajstić information content (AvgIpc) is 3.63. The van der Waals surface area contributed by atoms with Gasteiger partial charge >= 0.3 is 5.97 Å². The summed E-state index contributed by atoms with van der Waals surface area (Å²) in [5.41, 5.74) is 17.6. The van der Waals surface area contributed by atoms with Crippen LogP contribution in [0.1, 0.15) is 36.9 Å². The Morgan fingerprint density at radius 3 is 2.09 bits per heavy atom. The maximum Gasteiger partial charge on any atom is 0.303 e. The lowest BCUT2D eigenvalue weighted by Gasteiger charge is -2.26. The second-order valence-corrected chi connectivity index (χ2v) is 11.8. The predicted octanol–water partition coefficient (Wildman–Crippen LogP) is -3.21. The van der Waals surface area contributed by atoms with Crippen LogP contribution in [0.2, 0.25) is 0 Å². The maximum atomic E-state index is 13.9. The maximum absolute atomic E-state index is 13.9. The van der Waals surface area contributed by atoms with Crippen molar-refractivity contribution >= 4 is 41.5 Å². The molecular weight excluding hydrogens is 694 g/mol. The number of carbonyl (C=O) groups excluding carboxylic acids is 5. The topological polar surface area (TPSA) is 320 Å². The number of hydrogen-bond acceptors (Lipinski definition) is 11. The number of benzene rings is 1. The number of ether oxygens (including phenoxy) is 2. The largest absolute Gasteiger partial charge is 0.481 e. The number of amides is 5. The highest BCUT2D eigenvalue weighted by atomic mass is 16.5. The van der Waals surface area contributed by atoms with Gasteiger partial charge in [0.1, 0.15) is 30.8 Å². The molecule has 0 unspecified atom stereocenters. The van der Waals surface area contributed by atoms with Crippen LogP contribution in [-0.4, -0.2) is 127 Å². The van der Waals surface area contributed by atoms with Crippen LogP contribution < -0.4 is 43.8 Å². The van der Waals surface area contributed by atoms with Crippen molar-refractivity contribution in [3.8, 4) is 0 Å². The number of nitrogens with zero attached hydrogens (tertiary/aromatic N) is 2. The Morgan fingerprint density at radius 2 is 1.47 bits per heavy atom. The number of hydrogen-bond donors (Lipinski definition) is 10. The van der Waals surface area contributed by atoms with E-state index in [-0.39, 0.29) is 57.8 Å². The predicted molar refractivity (Wildman–Crippen MR) is 192 cm³/mol. The van der Waals surface area contributed by atoms with Gasteiger partial charge in [-0.1, -0.05) is 30.3 Å². The molecule has 0 bridgehead atoms. The highest BCUT2D eigenvalue weighted by Gasteiger charge is 2.31. The van der Waals surface area contributed by atoms with Crippen LogP contribution >= 0.6 is 0 Å². The average molecular weight is 746 g/mol. The molecule has 0 saturated carbocycles. The molecule has 2 rings (SSSR count). The second kappa shape index (κ2) is 24.6. The molecule has 53 heavy (non-hydrogen) atoms. The molecule has 2 aromatic rings. The van der Waals surface area contributed by atoms with Gasteiger partial charge < -0.3 is 63.3 Å². The number of nitrogens with two attached hydrogens (primary N) is 3. The summed E-state index contributed by atoms with van der Waals surface area (Å²) in [6.45, 7) is 1.12. The van der Waals surface area contributed by atoms with Crippen molar-refractivity contribution < 1.29 is 43.3 Å². The van der Waals surface area contributed by atoms with Crippen LogP contribution in [0, 0.1) is 0 Å².